The normalized spacial score (nSPS) is 10.3. The first kappa shape index (κ1) is 14.4. The molecule has 0 amide bonds. The molecule has 2 aromatic rings. The molecule has 0 aromatic heterocycles. The average molecular weight is 290 g/mol. The molecule has 0 radical (unpaired) electrons. The van der Waals surface area contributed by atoms with Gasteiger partial charge in [-0.05, 0) is 36.8 Å². The van der Waals surface area contributed by atoms with Crippen LogP contribution in [0.2, 0.25) is 5.02 Å². The van der Waals surface area contributed by atoms with E-state index in [4.69, 9.17) is 11.6 Å². The Bertz CT molecular complexity index is 623. The van der Waals surface area contributed by atoms with Crippen LogP contribution in [0.1, 0.15) is 22.8 Å². The molecule has 0 heterocycles. The molecule has 20 heavy (non-hydrogen) atoms. The molecule has 0 spiro atoms. The minimum absolute atomic E-state index is 0.0120. The number of nitrogens with zero attached hydrogens (tertiary/aromatic N) is 1. The number of phenols is 1. The zero-order valence-electron chi connectivity index (χ0n) is 11.4. The van der Waals surface area contributed by atoms with E-state index in [0.717, 1.165) is 11.3 Å². The number of halogens is 1. The van der Waals surface area contributed by atoms with E-state index < -0.39 is 0 Å². The van der Waals surface area contributed by atoms with Gasteiger partial charge in [-0.25, -0.2) is 0 Å². The Labute approximate surface area is 123 Å². The molecule has 104 valence electrons. The molecule has 0 aliphatic carbocycles. The van der Waals surface area contributed by atoms with Gasteiger partial charge in [-0.1, -0.05) is 23.7 Å². The number of hydrogen-bond acceptors (Lipinski definition) is 3. The second kappa shape index (κ2) is 5.97. The van der Waals surface area contributed by atoms with Crippen LogP contribution in [0.15, 0.2) is 42.5 Å². The number of aromatic hydroxyl groups is 1. The van der Waals surface area contributed by atoms with Crippen molar-refractivity contribution in [2.45, 2.75) is 13.5 Å². The van der Waals surface area contributed by atoms with E-state index in [1.165, 1.54) is 6.92 Å². The van der Waals surface area contributed by atoms with Gasteiger partial charge < -0.3 is 10.0 Å². The summed E-state index contributed by atoms with van der Waals surface area (Å²) in [6.07, 6.45) is 0. The van der Waals surface area contributed by atoms with Crippen LogP contribution < -0.4 is 4.90 Å². The minimum atomic E-state index is -0.144. The highest BCUT2D eigenvalue weighted by Gasteiger charge is 2.09. The highest BCUT2D eigenvalue weighted by Crippen LogP contribution is 2.25. The van der Waals surface area contributed by atoms with E-state index in [1.54, 1.807) is 12.1 Å². The molecular weight excluding hydrogens is 274 g/mol. The molecule has 0 saturated heterocycles. The fourth-order valence-electron chi connectivity index (χ4n) is 2.01. The summed E-state index contributed by atoms with van der Waals surface area (Å²) in [4.78, 5) is 13.3. The van der Waals surface area contributed by atoms with Crippen LogP contribution in [0.3, 0.4) is 0 Å². The fraction of sp³-hybridized carbons (Fsp3) is 0.188. The van der Waals surface area contributed by atoms with Gasteiger partial charge in [-0.2, -0.15) is 0 Å². The summed E-state index contributed by atoms with van der Waals surface area (Å²) < 4.78 is 0. The van der Waals surface area contributed by atoms with Crippen LogP contribution in [0, 0.1) is 0 Å². The number of rotatable bonds is 4. The number of Topliss-reactive ketones (excluding diaryl/α,β-unsaturated/α-hetero) is 1. The molecule has 2 rings (SSSR count). The number of hydrogen-bond donors (Lipinski definition) is 1. The van der Waals surface area contributed by atoms with Gasteiger partial charge >= 0.3 is 0 Å². The third-order valence-electron chi connectivity index (χ3n) is 3.13. The van der Waals surface area contributed by atoms with Gasteiger partial charge in [0.25, 0.3) is 0 Å². The maximum atomic E-state index is 11.3. The molecule has 0 fully saturated rings. The second-order valence-corrected chi connectivity index (χ2v) is 5.18. The lowest BCUT2D eigenvalue weighted by atomic mass is 10.1. The molecule has 0 aliphatic heterocycles. The van der Waals surface area contributed by atoms with E-state index in [0.29, 0.717) is 17.1 Å². The van der Waals surface area contributed by atoms with Crippen LogP contribution in [-0.2, 0) is 6.54 Å². The van der Waals surface area contributed by atoms with Crippen LogP contribution in [0.25, 0.3) is 0 Å². The van der Waals surface area contributed by atoms with Gasteiger partial charge in [0.05, 0.1) is 5.56 Å². The van der Waals surface area contributed by atoms with Crippen molar-refractivity contribution in [3.8, 4) is 5.75 Å². The quantitative estimate of drug-likeness (QED) is 0.868. The van der Waals surface area contributed by atoms with Gasteiger partial charge in [0.1, 0.15) is 5.75 Å². The van der Waals surface area contributed by atoms with Crippen LogP contribution >= 0.6 is 11.6 Å². The third-order valence-corrected chi connectivity index (χ3v) is 3.39. The fourth-order valence-corrected chi connectivity index (χ4v) is 2.14. The van der Waals surface area contributed by atoms with Crippen molar-refractivity contribution in [3.63, 3.8) is 0 Å². The van der Waals surface area contributed by atoms with E-state index in [2.05, 4.69) is 0 Å². The Morgan fingerprint density at radius 1 is 1.20 bits per heavy atom. The lowest BCUT2D eigenvalue weighted by Gasteiger charge is -2.20. The van der Waals surface area contributed by atoms with Crippen LogP contribution in [0.5, 0.6) is 5.75 Å². The Balaban J connectivity index is 2.17. The number of phenolic OH excluding ortho intramolecular Hbond substituents is 1. The first-order valence-corrected chi connectivity index (χ1v) is 6.64. The van der Waals surface area contributed by atoms with Crippen molar-refractivity contribution in [1.29, 1.82) is 0 Å². The monoisotopic (exact) mass is 289 g/mol. The van der Waals surface area contributed by atoms with Gasteiger partial charge in [-0.3, -0.25) is 4.79 Å². The van der Waals surface area contributed by atoms with Crippen molar-refractivity contribution in [2.24, 2.45) is 0 Å². The Kier molecular flexibility index (Phi) is 4.30. The summed E-state index contributed by atoms with van der Waals surface area (Å²) in [5.41, 5.74) is 2.31. The molecule has 0 unspecified atom stereocenters. The first-order valence-electron chi connectivity index (χ1n) is 6.27. The third kappa shape index (κ3) is 3.31. The molecule has 0 atom stereocenters. The lowest BCUT2D eigenvalue weighted by Crippen LogP contribution is -2.16. The zero-order valence-corrected chi connectivity index (χ0v) is 12.2. The summed E-state index contributed by atoms with van der Waals surface area (Å²) in [5.74, 6) is -0.132. The van der Waals surface area contributed by atoms with Crippen LogP contribution in [-0.4, -0.2) is 17.9 Å². The van der Waals surface area contributed by atoms with Gasteiger partial charge in [-0.15, -0.1) is 0 Å². The number of anilines is 1. The van der Waals surface area contributed by atoms with E-state index in [9.17, 15) is 9.90 Å². The number of carbonyl (C=O) groups is 1. The molecule has 4 heteroatoms. The van der Waals surface area contributed by atoms with Crippen molar-refractivity contribution in [2.75, 3.05) is 11.9 Å². The zero-order chi connectivity index (χ0) is 14.7. The maximum absolute atomic E-state index is 11.3. The number of benzene rings is 2. The molecule has 3 nitrogen and oxygen atoms in total. The summed E-state index contributed by atoms with van der Waals surface area (Å²) in [5, 5.41) is 10.6. The number of ketones is 1. The van der Waals surface area contributed by atoms with Gasteiger partial charge in [0.15, 0.2) is 5.78 Å². The van der Waals surface area contributed by atoms with Gasteiger partial charge in [0.2, 0.25) is 0 Å². The summed E-state index contributed by atoms with van der Waals surface area (Å²) in [6.45, 7) is 2.13. The molecular formula is C16H16ClNO2. The maximum Gasteiger partial charge on any atom is 0.163 e. The summed E-state index contributed by atoms with van der Waals surface area (Å²) in [7, 11) is 1.93. The van der Waals surface area contributed by atoms with Gasteiger partial charge in [0, 0.05) is 30.4 Å². The van der Waals surface area contributed by atoms with Crippen molar-refractivity contribution in [3.05, 3.63) is 58.6 Å². The van der Waals surface area contributed by atoms with Crippen molar-refractivity contribution < 1.29 is 9.90 Å². The number of carbonyl (C=O) groups excluding carboxylic acids is 1. The Hall–Kier alpha value is -2.00. The second-order valence-electron chi connectivity index (χ2n) is 4.74. The summed E-state index contributed by atoms with van der Waals surface area (Å²) >= 11 is 5.85. The van der Waals surface area contributed by atoms with E-state index in [-0.39, 0.29) is 11.5 Å². The van der Waals surface area contributed by atoms with E-state index in [1.807, 2.05) is 42.3 Å². The molecule has 0 aliphatic rings. The SMILES string of the molecule is CC(=O)c1ccc(N(C)Cc2ccc(Cl)cc2)cc1O. The molecule has 1 N–H and O–H groups in total. The minimum Gasteiger partial charge on any atom is -0.507 e. The predicted molar refractivity (Wildman–Crippen MR) is 81.7 cm³/mol. The molecule has 2 aromatic carbocycles. The Morgan fingerprint density at radius 3 is 2.40 bits per heavy atom. The summed E-state index contributed by atoms with van der Waals surface area (Å²) in [6, 6.07) is 12.7. The average Bonchev–Trinajstić information content (AvgIpc) is 2.40. The smallest absolute Gasteiger partial charge is 0.163 e. The van der Waals surface area contributed by atoms with E-state index >= 15 is 0 Å². The highest BCUT2D eigenvalue weighted by molar-refractivity contribution is 6.30. The highest BCUT2D eigenvalue weighted by atomic mass is 35.5. The predicted octanol–water partition coefficient (Wildman–Crippen LogP) is 3.88. The lowest BCUT2D eigenvalue weighted by molar-refractivity contribution is 0.101. The van der Waals surface area contributed by atoms with Crippen molar-refractivity contribution >= 4 is 23.1 Å². The molecule has 0 bridgehead atoms. The topological polar surface area (TPSA) is 40.5 Å². The largest absolute Gasteiger partial charge is 0.507 e. The van der Waals surface area contributed by atoms with Crippen LogP contribution in [0.4, 0.5) is 5.69 Å². The molecule has 0 saturated carbocycles. The Morgan fingerprint density at radius 2 is 1.85 bits per heavy atom. The standard InChI is InChI=1S/C16H16ClNO2/c1-11(19)15-8-7-14(9-16(15)20)18(2)10-12-3-5-13(17)6-4-12/h3-9,20H,10H2,1-2H3. The first-order chi connectivity index (χ1) is 9.47. The van der Waals surface area contributed by atoms with Crippen molar-refractivity contribution in [1.82, 2.24) is 0 Å².